The van der Waals surface area contributed by atoms with Crippen LogP contribution in [0.3, 0.4) is 0 Å². The smallest absolute Gasteiger partial charge is 0.233 e. The summed E-state index contributed by atoms with van der Waals surface area (Å²) in [5.74, 6) is -1.78. The van der Waals surface area contributed by atoms with E-state index in [0.29, 0.717) is 13.1 Å². The van der Waals surface area contributed by atoms with Gasteiger partial charge in [0.15, 0.2) is 0 Å². The van der Waals surface area contributed by atoms with Crippen LogP contribution in [0.2, 0.25) is 0 Å². The molecule has 4 heterocycles. The predicted molar refractivity (Wildman–Crippen MR) is 205 cm³/mol. The quantitative estimate of drug-likeness (QED) is 0.163. The van der Waals surface area contributed by atoms with E-state index in [1.807, 2.05) is 48.6 Å². The van der Waals surface area contributed by atoms with Gasteiger partial charge in [0, 0.05) is 77.3 Å². The summed E-state index contributed by atoms with van der Waals surface area (Å²) in [5.41, 5.74) is 2.25. The Bertz CT molecular complexity index is 1580. The average Bonchev–Trinajstić information content (AvgIpc) is 3.64. The van der Waals surface area contributed by atoms with Crippen molar-refractivity contribution in [1.82, 2.24) is 19.6 Å². The number of ether oxygens (including phenoxy) is 2. The van der Waals surface area contributed by atoms with E-state index in [-0.39, 0.29) is 23.6 Å². The van der Waals surface area contributed by atoms with E-state index in [0.717, 1.165) is 114 Å². The SMILES string of the molecule is COc1ccccc1N1CCN(CCCCN2C(=O)C3C4C=CC(C3C2=O)C2C(=O)N(CCCCN3CCN(c5ccccc5OC)CC3)C(=O)C42)CC1. The number of hydrogen-bond acceptors (Lipinski definition) is 10. The number of methoxy groups -OCH3 is 2. The highest BCUT2D eigenvalue weighted by Gasteiger charge is 2.68. The van der Waals surface area contributed by atoms with Crippen molar-refractivity contribution >= 4 is 35.0 Å². The molecule has 2 bridgehead atoms. The van der Waals surface area contributed by atoms with Gasteiger partial charge in [-0.2, -0.15) is 0 Å². The molecule has 9 rings (SSSR count). The third-order valence-electron chi connectivity index (χ3n) is 13.0. The van der Waals surface area contributed by atoms with Crippen molar-refractivity contribution in [2.75, 3.05) is 103 Å². The first kappa shape index (κ1) is 36.6. The molecule has 4 saturated heterocycles. The van der Waals surface area contributed by atoms with Gasteiger partial charge in [-0.05, 0) is 63.0 Å². The zero-order chi connectivity index (χ0) is 37.3. The number of amides is 4. The number of para-hydroxylation sites is 4. The number of allylic oxidation sites excluding steroid dienone is 2. The second-order valence-electron chi connectivity index (χ2n) is 15.7. The molecule has 4 atom stereocenters. The van der Waals surface area contributed by atoms with Gasteiger partial charge in [-0.15, -0.1) is 0 Å². The summed E-state index contributed by atoms with van der Waals surface area (Å²) < 4.78 is 11.1. The first-order valence-corrected chi connectivity index (χ1v) is 20.0. The zero-order valence-electron chi connectivity index (χ0n) is 31.7. The molecule has 1 saturated carbocycles. The molecule has 54 heavy (non-hydrogen) atoms. The standard InChI is InChI=1S/C42H54N6O6/c1-53-33-13-5-3-11-31(33)45-25-21-43(22-26-45)17-7-9-19-47-39(49)35-29-15-16-30(36(35)40(47)50)38-37(29)41(51)48(42(38)52)20-10-8-18-44-23-27-46(28-24-44)32-12-4-6-14-34(32)54-2/h3-6,11-16,29-30,35-38H,7-10,17-28H2,1-2H3. The van der Waals surface area contributed by atoms with Crippen molar-refractivity contribution in [3.05, 3.63) is 60.7 Å². The third-order valence-corrected chi connectivity index (χ3v) is 13.0. The monoisotopic (exact) mass is 738 g/mol. The molecule has 288 valence electrons. The fourth-order valence-corrected chi connectivity index (χ4v) is 10.2. The van der Waals surface area contributed by atoms with Crippen molar-refractivity contribution < 1.29 is 28.7 Å². The highest BCUT2D eigenvalue weighted by Crippen LogP contribution is 2.57. The number of carbonyl (C=O) groups is 4. The molecule has 2 aromatic rings. The molecule has 0 N–H and O–H groups in total. The van der Waals surface area contributed by atoms with Crippen LogP contribution in [0.1, 0.15) is 25.7 Å². The summed E-state index contributed by atoms with van der Waals surface area (Å²) in [4.78, 5) is 67.8. The predicted octanol–water partition coefficient (Wildman–Crippen LogP) is 3.23. The molecule has 12 nitrogen and oxygen atoms in total. The van der Waals surface area contributed by atoms with Crippen molar-refractivity contribution in [3.8, 4) is 11.5 Å². The number of nitrogens with zero attached hydrogens (tertiary/aromatic N) is 6. The number of rotatable bonds is 14. The van der Waals surface area contributed by atoms with Gasteiger partial charge in [0.1, 0.15) is 11.5 Å². The molecule has 5 fully saturated rings. The van der Waals surface area contributed by atoms with Gasteiger partial charge >= 0.3 is 0 Å². The molecule has 12 heteroatoms. The topological polar surface area (TPSA) is 106 Å². The zero-order valence-corrected chi connectivity index (χ0v) is 31.7. The summed E-state index contributed by atoms with van der Waals surface area (Å²) in [7, 11) is 3.41. The van der Waals surface area contributed by atoms with Gasteiger partial charge in [-0.1, -0.05) is 36.4 Å². The largest absolute Gasteiger partial charge is 0.495 e. The summed E-state index contributed by atoms with van der Waals surface area (Å²) in [6, 6.07) is 16.2. The van der Waals surface area contributed by atoms with E-state index in [1.165, 1.54) is 9.80 Å². The molecular weight excluding hydrogens is 684 g/mol. The fraction of sp³-hybridized carbons (Fsp3) is 0.571. The van der Waals surface area contributed by atoms with E-state index in [9.17, 15) is 19.2 Å². The summed E-state index contributed by atoms with van der Waals surface area (Å²) in [6.07, 6.45) is 7.19. The second-order valence-corrected chi connectivity index (χ2v) is 15.7. The van der Waals surface area contributed by atoms with Gasteiger partial charge in [0.2, 0.25) is 23.6 Å². The number of benzene rings is 2. The molecule has 3 aliphatic carbocycles. The lowest BCUT2D eigenvalue weighted by Crippen LogP contribution is -2.50. The number of unbranched alkanes of at least 4 members (excludes halogenated alkanes) is 2. The molecule has 4 aliphatic heterocycles. The van der Waals surface area contributed by atoms with Crippen LogP contribution in [0, 0.1) is 35.5 Å². The minimum atomic E-state index is -0.539. The Balaban J connectivity index is 0.787. The lowest BCUT2D eigenvalue weighted by atomic mass is 9.54. The number of carbonyl (C=O) groups excluding carboxylic acids is 4. The fourth-order valence-electron chi connectivity index (χ4n) is 10.2. The van der Waals surface area contributed by atoms with Crippen LogP contribution in [0.5, 0.6) is 11.5 Å². The van der Waals surface area contributed by atoms with Gasteiger partial charge < -0.3 is 19.3 Å². The first-order chi connectivity index (χ1) is 26.4. The van der Waals surface area contributed by atoms with E-state index in [1.54, 1.807) is 14.2 Å². The molecule has 0 spiro atoms. The van der Waals surface area contributed by atoms with E-state index < -0.39 is 35.5 Å². The van der Waals surface area contributed by atoms with Crippen LogP contribution in [0.25, 0.3) is 0 Å². The summed E-state index contributed by atoms with van der Waals surface area (Å²) >= 11 is 0. The Morgan fingerprint density at radius 1 is 0.481 bits per heavy atom. The Labute approximate surface area is 318 Å². The molecule has 4 amide bonds. The van der Waals surface area contributed by atoms with Crippen LogP contribution >= 0.6 is 0 Å². The minimum absolute atomic E-state index is 0.155. The number of hydrogen-bond donors (Lipinski definition) is 0. The van der Waals surface area contributed by atoms with Crippen molar-refractivity contribution in [3.63, 3.8) is 0 Å². The highest BCUT2D eigenvalue weighted by molar-refractivity contribution is 6.10. The van der Waals surface area contributed by atoms with Crippen LogP contribution < -0.4 is 19.3 Å². The molecule has 2 aromatic carbocycles. The lowest BCUT2D eigenvalue weighted by molar-refractivity contribution is -0.140. The van der Waals surface area contributed by atoms with Crippen molar-refractivity contribution in [2.45, 2.75) is 25.7 Å². The van der Waals surface area contributed by atoms with Crippen LogP contribution in [-0.4, -0.2) is 136 Å². The third kappa shape index (κ3) is 6.65. The number of anilines is 2. The van der Waals surface area contributed by atoms with Gasteiger partial charge in [0.25, 0.3) is 0 Å². The summed E-state index contributed by atoms with van der Waals surface area (Å²) in [6.45, 7) is 10.1. The van der Waals surface area contributed by atoms with E-state index >= 15 is 0 Å². The van der Waals surface area contributed by atoms with Crippen molar-refractivity contribution in [2.24, 2.45) is 35.5 Å². The highest BCUT2D eigenvalue weighted by atomic mass is 16.5. The Hall–Kier alpha value is -4.42. The molecule has 4 unspecified atom stereocenters. The number of piperazine rings is 2. The Morgan fingerprint density at radius 2 is 0.815 bits per heavy atom. The van der Waals surface area contributed by atoms with Crippen LogP contribution in [0.15, 0.2) is 60.7 Å². The number of likely N-dealkylation sites (tertiary alicyclic amines) is 2. The maximum atomic E-state index is 13.8. The van der Waals surface area contributed by atoms with Gasteiger partial charge in [-0.25, -0.2) is 0 Å². The maximum absolute atomic E-state index is 13.8. The van der Waals surface area contributed by atoms with Crippen LogP contribution in [0.4, 0.5) is 11.4 Å². The Kier molecular flexibility index (Phi) is 10.7. The molecular formula is C42H54N6O6. The molecule has 7 aliphatic rings. The molecule has 0 aromatic heterocycles. The first-order valence-electron chi connectivity index (χ1n) is 20.0. The number of imide groups is 2. The minimum Gasteiger partial charge on any atom is -0.495 e. The Morgan fingerprint density at radius 3 is 1.17 bits per heavy atom. The van der Waals surface area contributed by atoms with E-state index in [2.05, 4.69) is 31.7 Å². The van der Waals surface area contributed by atoms with E-state index in [4.69, 9.17) is 9.47 Å². The van der Waals surface area contributed by atoms with Crippen LogP contribution in [-0.2, 0) is 19.2 Å². The lowest BCUT2D eigenvalue weighted by Gasteiger charge is -2.44. The average molecular weight is 739 g/mol. The normalized spacial score (nSPS) is 28.3. The summed E-state index contributed by atoms with van der Waals surface area (Å²) in [5, 5.41) is 0. The van der Waals surface area contributed by atoms with Gasteiger partial charge in [0.05, 0.1) is 49.3 Å². The maximum Gasteiger partial charge on any atom is 0.233 e. The van der Waals surface area contributed by atoms with Crippen molar-refractivity contribution in [1.29, 1.82) is 0 Å². The van der Waals surface area contributed by atoms with Gasteiger partial charge in [-0.3, -0.25) is 38.8 Å². The molecule has 0 radical (unpaired) electrons. The second kappa shape index (κ2) is 15.7.